The predicted molar refractivity (Wildman–Crippen MR) is 71.9 cm³/mol. The van der Waals surface area contributed by atoms with E-state index >= 15 is 0 Å². The molecule has 0 saturated heterocycles. The number of nitrogens with one attached hydrogen (secondary N) is 2. The molecule has 1 aromatic heterocycles. The van der Waals surface area contributed by atoms with Crippen LogP contribution in [0.3, 0.4) is 0 Å². The zero-order valence-electron chi connectivity index (χ0n) is 10.4. The molecule has 18 heavy (non-hydrogen) atoms. The van der Waals surface area contributed by atoms with Gasteiger partial charge in [-0.2, -0.15) is 0 Å². The number of hydrogen-bond donors (Lipinski definition) is 4. The molecule has 1 rings (SSSR count). The molecule has 0 spiro atoms. The van der Waals surface area contributed by atoms with Crippen LogP contribution in [0.25, 0.3) is 0 Å². The van der Waals surface area contributed by atoms with Crippen molar-refractivity contribution >= 4 is 18.0 Å². The number of aliphatic hydroxyl groups excluding tert-OH is 1. The first kappa shape index (κ1) is 14.1. The van der Waals surface area contributed by atoms with Crippen molar-refractivity contribution in [1.29, 1.82) is 10.8 Å². The van der Waals surface area contributed by atoms with Crippen LogP contribution in [0, 0.1) is 10.8 Å². The lowest BCUT2D eigenvalue weighted by atomic mass is 10.1. The lowest BCUT2D eigenvalue weighted by molar-refractivity contribution is 0.270. The van der Waals surface area contributed by atoms with Crippen molar-refractivity contribution in [2.45, 2.75) is 25.8 Å². The Morgan fingerprint density at radius 3 is 2.89 bits per heavy atom. The minimum atomic E-state index is -0.0367. The Bertz CT molecular complexity index is 421. The quantitative estimate of drug-likeness (QED) is 0.446. The van der Waals surface area contributed by atoms with E-state index in [0.717, 1.165) is 6.34 Å². The topological polar surface area (TPSA) is 110 Å². The van der Waals surface area contributed by atoms with Gasteiger partial charge >= 0.3 is 0 Å². The molecule has 0 radical (unpaired) electrons. The number of aliphatic hydroxyl groups is 1. The fourth-order valence-corrected chi connectivity index (χ4v) is 1.65. The lowest BCUT2D eigenvalue weighted by Gasteiger charge is -2.26. The summed E-state index contributed by atoms with van der Waals surface area (Å²) in [5.41, 5.74) is 6.02. The molecule has 0 aliphatic rings. The third-order valence-electron chi connectivity index (χ3n) is 2.67. The number of nitrogens with zero attached hydrogens (tertiary/aromatic N) is 2. The van der Waals surface area contributed by atoms with E-state index in [1.807, 2.05) is 6.92 Å². The second-order valence-electron chi connectivity index (χ2n) is 4.05. The number of nitrogen functional groups attached to an aromatic ring is 1. The van der Waals surface area contributed by atoms with Crippen LogP contribution >= 0.6 is 0 Å². The molecule has 6 nitrogen and oxygen atoms in total. The maximum atomic E-state index is 8.80. The molecule has 0 amide bonds. The summed E-state index contributed by atoms with van der Waals surface area (Å²) in [6, 6.07) is 5.03. The summed E-state index contributed by atoms with van der Waals surface area (Å²) in [6.45, 7) is 2.02. The molecule has 98 valence electrons. The van der Waals surface area contributed by atoms with Gasteiger partial charge in [-0.1, -0.05) is 6.07 Å². The van der Waals surface area contributed by atoms with Crippen LogP contribution in [0.2, 0.25) is 0 Å². The second-order valence-corrected chi connectivity index (χ2v) is 4.05. The van der Waals surface area contributed by atoms with Gasteiger partial charge in [0.1, 0.15) is 11.5 Å². The van der Waals surface area contributed by atoms with Crippen molar-refractivity contribution in [2.24, 2.45) is 0 Å². The molecule has 6 heteroatoms. The Balaban J connectivity index is 2.82. The van der Waals surface area contributed by atoms with E-state index in [1.165, 1.54) is 4.90 Å². The molecule has 1 unspecified atom stereocenters. The van der Waals surface area contributed by atoms with Gasteiger partial charge in [0.05, 0.1) is 6.34 Å². The molecule has 0 bridgehead atoms. The Hall–Kier alpha value is -1.95. The van der Waals surface area contributed by atoms with Crippen LogP contribution in [0.5, 0.6) is 0 Å². The molecular formula is C12H19N5O. The minimum Gasteiger partial charge on any atom is -0.396 e. The van der Waals surface area contributed by atoms with Crippen molar-refractivity contribution in [2.75, 3.05) is 12.3 Å². The van der Waals surface area contributed by atoms with Crippen LogP contribution < -0.4 is 5.73 Å². The largest absolute Gasteiger partial charge is 0.396 e. The van der Waals surface area contributed by atoms with Gasteiger partial charge in [0, 0.05) is 12.6 Å². The highest BCUT2D eigenvalue weighted by Gasteiger charge is 2.17. The van der Waals surface area contributed by atoms with Gasteiger partial charge in [-0.3, -0.25) is 10.8 Å². The molecule has 0 aromatic carbocycles. The van der Waals surface area contributed by atoms with Crippen molar-refractivity contribution in [1.82, 2.24) is 9.88 Å². The summed E-state index contributed by atoms with van der Waals surface area (Å²) < 4.78 is 0. The van der Waals surface area contributed by atoms with E-state index in [9.17, 15) is 0 Å². The summed E-state index contributed by atoms with van der Waals surface area (Å²) in [5, 5.41) is 24.2. The standard InChI is InChI=1S/C12H19N5O/c1-9(4-3-7-18)17(8-13)12(15)10-5-2-6-11(14)16-10/h2,5-6,8-9,13,15,18H,3-4,7H2,1H3,(H2,14,16). The molecule has 0 saturated carbocycles. The van der Waals surface area contributed by atoms with E-state index in [2.05, 4.69) is 4.98 Å². The number of rotatable bonds is 6. The Labute approximate surface area is 106 Å². The molecule has 5 N–H and O–H groups in total. The highest BCUT2D eigenvalue weighted by molar-refractivity contribution is 6.01. The van der Waals surface area contributed by atoms with Crippen LogP contribution in [-0.2, 0) is 0 Å². The fourth-order valence-electron chi connectivity index (χ4n) is 1.65. The third-order valence-corrected chi connectivity index (χ3v) is 2.67. The second kappa shape index (κ2) is 6.70. The lowest BCUT2D eigenvalue weighted by Crippen LogP contribution is -2.38. The van der Waals surface area contributed by atoms with E-state index < -0.39 is 0 Å². The van der Waals surface area contributed by atoms with Crippen molar-refractivity contribution in [3.05, 3.63) is 23.9 Å². The van der Waals surface area contributed by atoms with Crippen LogP contribution in [0.15, 0.2) is 18.2 Å². The smallest absolute Gasteiger partial charge is 0.152 e. The molecule has 0 fully saturated rings. The molecule has 1 atom stereocenters. The van der Waals surface area contributed by atoms with E-state index in [-0.39, 0.29) is 18.5 Å². The number of aromatic nitrogens is 1. The van der Waals surface area contributed by atoms with Crippen LogP contribution in [0.4, 0.5) is 5.82 Å². The van der Waals surface area contributed by atoms with Gasteiger partial charge in [0.15, 0.2) is 5.84 Å². The van der Waals surface area contributed by atoms with E-state index in [1.54, 1.807) is 18.2 Å². The van der Waals surface area contributed by atoms with E-state index in [0.29, 0.717) is 24.4 Å². The minimum absolute atomic E-state index is 0.0367. The number of hydrogen-bond acceptors (Lipinski definition) is 5. The maximum Gasteiger partial charge on any atom is 0.152 e. The van der Waals surface area contributed by atoms with Gasteiger partial charge in [0.2, 0.25) is 0 Å². The van der Waals surface area contributed by atoms with Crippen LogP contribution in [0.1, 0.15) is 25.5 Å². The average molecular weight is 249 g/mol. The number of pyridine rings is 1. The summed E-state index contributed by atoms with van der Waals surface area (Å²) in [7, 11) is 0. The van der Waals surface area contributed by atoms with Crippen molar-refractivity contribution in [3.63, 3.8) is 0 Å². The fraction of sp³-hybridized carbons (Fsp3) is 0.417. The van der Waals surface area contributed by atoms with Crippen molar-refractivity contribution < 1.29 is 5.11 Å². The summed E-state index contributed by atoms with van der Waals surface area (Å²) in [5.74, 6) is 0.493. The number of nitrogens with two attached hydrogens (primary N) is 1. The predicted octanol–water partition coefficient (Wildman–Crippen LogP) is 1.06. The van der Waals surface area contributed by atoms with E-state index in [4.69, 9.17) is 21.7 Å². The Kier molecular flexibility index (Phi) is 5.26. The molecule has 1 aromatic rings. The zero-order chi connectivity index (χ0) is 13.5. The number of amidine groups is 1. The van der Waals surface area contributed by atoms with Gasteiger partial charge in [-0.05, 0) is 31.9 Å². The zero-order valence-corrected chi connectivity index (χ0v) is 10.4. The number of anilines is 1. The Morgan fingerprint density at radius 2 is 2.33 bits per heavy atom. The SMILES string of the molecule is CC(CCCO)N(C=N)C(=N)c1cccc(N)n1. The first-order chi connectivity index (χ1) is 8.60. The highest BCUT2D eigenvalue weighted by Crippen LogP contribution is 2.10. The van der Waals surface area contributed by atoms with Gasteiger partial charge in [0.25, 0.3) is 0 Å². The molecule has 0 aliphatic heterocycles. The summed E-state index contributed by atoms with van der Waals surface area (Å²) in [4.78, 5) is 5.57. The normalized spacial score (nSPS) is 11.9. The maximum absolute atomic E-state index is 8.80. The average Bonchev–Trinajstić information content (AvgIpc) is 2.37. The molecular weight excluding hydrogens is 230 g/mol. The van der Waals surface area contributed by atoms with Crippen molar-refractivity contribution in [3.8, 4) is 0 Å². The summed E-state index contributed by atoms with van der Waals surface area (Å²) in [6.07, 6.45) is 2.45. The third kappa shape index (κ3) is 3.53. The molecule has 0 aliphatic carbocycles. The Morgan fingerprint density at radius 1 is 1.61 bits per heavy atom. The molecule has 1 heterocycles. The highest BCUT2D eigenvalue weighted by atomic mass is 16.2. The van der Waals surface area contributed by atoms with Crippen LogP contribution in [-0.4, -0.2) is 39.8 Å². The van der Waals surface area contributed by atoms with Gasteiger partial charge < -0.3 is 15.7 Å². The monoisotopic (exact) mass is 249 g/mol. The summed E-state index contributed by atoms with van der Waals surface area (Å²) >= 11 is 0. The first-order valence-electron chi connectivity index (χ1n) is 5.81. The van der Waals surface area contributed by atoms with Gasteiger partial charge in [-0.25, -0.2) is 4.98 Å². The van der Waals surface area contributed by atoms with Gasteiger partial charge in [-0.15, -0.1) is 0 Å². The first-order valence-corrected chi connectivity index (χ1v) is 5.81.